The van der Waals surface area contributed by atoms with Gasteiger partial charge in [0.05, 0.1) is 6.04 Å². The maximum Gasteiger partial charge on any atom is 0.407 e. The smallest absolute Gasteiger partial charge is 0.407 e. The van der Waals surface area contributed by atoms with E-state index in [4.69, 9.17) is 10.5 Å². The summed E-state index contributed by atoms with van der Waals surface area (Å²) in [5.74, 6) is 0.405. The lowest BCUT2D eigenvalue weighted by Crippen LogP contribution is -2.46. The molecule has 122 valence electrons. The Morgan fingerprint density at radius 2 is 2.00 bits per heavy atom. The highest BCUT2D eigenvalue weighted by Gasteiger charge is 2.30. The number of nitrogens with one attached hydrogen (secondary N) is 1. The van der Waals surface area contributed by atoms with Crippen molar-refractivity contribution >= 4 is 12.0 Å². The van der Waals surface area contributed by atoms with Gasteiger partial charge in [0, 0.05) is 19.6 Å². The van der Waals surface area contributed by atoms with Crippen LogP contribution < -0.4 is 11.1 Å². The van der Waals surface area contributed by atoms with Crippen LogP contribution in [0.1, 0.15) is 41.0 Å². The zero-order valence-corrected chi connectivity index (χ0v) is 13.8. The number of likely N-dealkylation sites (tertiary alicyclic amines) is 1. The number of carbonyl (C=O) groups is 2. The highest BCUT2D eigenvalue weighted by atomic mass is 16.6. The van der Waals surface area contributed by atoms with Crippen LogP contribution in [0.25, 0.3) is 0 Å². The van der Waals surface area contributed by atoms with Crippen LogP contribution in [0.5, 0.6) is 0 Å². The van der Waals surface area contributed by atoms with E-state index in [1.165, 1.54) is 0 Å². The van der Waals surface area contributed by atoms with Crippen molar-refractivity contribution in [1.29, 1.82) is 0 Å². The Hall–Kier alpha value is -1.30. The third-order valence-corrected chi connectivity index (χ3v) is 3.53. The first-order valence-electron chi connectivity index (χ1n) is 7.61. The number of alkyl carbamates (subject to hydrolysis) is 1. The van der Waals surface area contributed by atoms with Crippen LogP contribution in [-0.2, 0) is 9.53 Å². The van der Waals surface area contributed by atoms with Gasteiger partial charge >= 0.3 is 6.09 Å². The second-order valence-corrected chi connectivity index (χ2v) is 7.09. The summed E-state index contributed by atoms with van der Waals surface area (Å²) < 4.78 is 5.19. The molecule has 1 aliphatic heterocycles. The number of hydrogen-bond acceptors (Lipinski definition) is 4. The van der Waals surface area contributed by atoms with Crippen molar-refractivity contribution in [1.82, 2.24) is 10.2 Å². The van der Waals surface area contributed by atoms with Crippen molar-refractivity contribution in [2.75, 3.05) is 19.6 Å². The number of nitrogens with two attached hydrogens (primary N) is 1. The van der Waals surface area contributed by atoms with Gasteiger partial charge in [-0.3, -0.25) is 4.79 Å². The summed E-state index contributed by atoms with van der Waals surface area (Å²) in [5.41, 5.74) is 5.40. The van der Waals surface area contributed by atoms with Gasteiger partial charge in [0.25, 0.3) is 0 Å². The normalized spacial score (nSPS) is 20.5. The van der Waals surface area contributed by atoms with Crippen LogP contribution in [0.15, 0.2) is 0 Å². The molecule has 2 atom stereocenters. The molecule has 1 fully saturated rings. The van der Waals surface area contributed by atoms with Gasteiger partial charge in [-0.25, -0.2) is 4.79 Å². The second kappa shape index (κ2) is 7.11. The first-order chi connectivity index (χ1) is 9.60. The Morgan fingerprint density at radius 1 is 1.38 bits per heavy atom. The average Bonchev–Trinajstić information content (AvgIpc) is 2.81. The predicted molar refractivity (Wildman–Crippen MR) is 81.7 cm³/mol. The molecule has 0 spiro atoms. The van der Waals surface area contributed by atoms with Gasteiger partial charge in [0.2, 0.25) is 5.91 Å². The largest absolute Gasteiger partial charge is 0.444 e. The zero-order valence-electron chi connectivity index (χ0n) is 13.8. The van der Waals surface area contributed by atoms with Crippen LogP contribution in [0.2, 0.25) is 0 Å². The SMILES string of the molecule is CC(C)[C@H](N)C(=O)N1CC[C@H](CNC(=O)OC(C)(C)C)C1. The minimum atomic E-state index is -0.494. The van der Waals surface area contributed by atoms with Crippen molar-refractivity contribution in [3.05, 3.63) is 0 Å². The molecule has 0 aromatic rings. The van der Waals surface area contributed by atoms with Gasteiger partial charge in [-0.05, 0) is 39.0 Å². The lowest BCUT2D eigenvalue weighted by Gasteiger charge is -2.23. The molecule has 0 aromatic heterocycles. The molecule has 0 radical (unpaired) electrons. The average molecular weight is 299 g/mol. The van der Waals surface area contributed by atoms with E-state index >= 15 is 0 Å². The summed E-state index contributed by atoms with van der Waals surface area (Å²) >= 11 is 0. The van der Waals surface area contributed by atoms with Gasteiger partial charge in [-0.2, -0.15) is 0 Å². The van der Waals surface area contributed by atoms with E-state index in [0.717, 1.165) is 6.42 Å². The number of amides is 2. The second-order valence-electron chi connectivity index (χ2n) is 7.09. The van der Waals surface area contributed by atoms with Crippen LogP contribution in [0.4, 0.5) is 4.79 Å². The fraction of sp³-hybridized carbons (Fsp3) is 0.867. The molecule has 1 heterocycles. The Bertz CT molecular complexity index is 377. The lowest BCUT2D eigenvalue weighted by atomic mass is 10.0. The molecular weight excluding hydrogens is 270 g/mol. The fourth-order valence-corrected chi connectivity index (χ4v) is 2.24. The minimum Gasteiger partial charge on any atom is -0.444 e. The van der Waals surface area contributed by atoms with Gasteiger partial charge in [-0.1, -0.05) is 13.8 Å². The topological polar surface area (TPSA) is 84.7 Å². The zero-order chi connectivity index (χ0) is 16.2. The molecule has 6 nitrogen and oxygen atoms in total. The number of carbonyl (C=O) groups excluding carboxylic acids is 2. The summed E-state index contributed by atoms with van der Waals surface area (Å²) in [4.78, 5) is 25.5. The van der Waals surface area contributed by atoms with E-state index in [-0.39, 0.29) is 17.7 Å². The first-order valence-corrected chi connectivity index (χ1v) is 7.61. The molecule has 1 saturated heterocycles. The molecule has 3 N–H and O–H groups in total. The van der Waals surface area contributed by atoms with Crippen molar-refractivity contribution in [2.45, 2.75) is 52.7 Å². The van der Waals surface area contributed by atoms with Gasteiger partial charge in [0.15, 0.2) is 0 Å². The van der Waals surface area contributed by atoms with Crippen molar-refractivity contribution in [3.8, 4) is 0 Å². The third kappa shape index (κ3) is 5.91. The maximum absolute atomic E-state index is 12.1. The first kappa shape index (κ1) is 17.8. The van der Waals surface area contributed by atoms with Crippen molar-refractivity contribution < 1.29 is 14.3 Å². The summed E-state index contributed by atoms with van der Waals surface area (Å²) in [6.45, 7) is 11.3. The fourth-order valence-electron chi connectivity index (χ4n) is 2.24. The van der Waals surface area contributed by atoms with E-state index in [0.29, 0.717) is 19.6 Å². The standard InChI is InChI=1S/C15H29N3O3/c1-10(2)12(16)13(19)18-7-6-11(9-18)8-17-14(20)21-15(3,4)5/h10-12H,6-9,16H2,1-5H3,(H,17,20)/t11-,12+/m1/s1. The molecule has 21 heavy (non-hydrogen) atoms. The van der Waals surface area contributed by atoms with Crippen LogP contribution in [0, 0.1) is 11.8 Å². The molecule has 0 saturated carbocycles. The highest BCUT2D eigenvalue weighted by Crippen LogP contribution is 2.17. The monoisotopic (exact) mass is 299 g/mol. The quantitative estimate of drug-likeness (QED) is 0.820. The van der Waals surface area contributed by atoms with E-state index in [2.05, 4.69) is 5.32 Å². The van der Waals surface area contributed by atoms with Gasteiger partial charge in [0.1, 0.15) is 5.60 Å². The Kier molecular flexibility index (Phi) is 6.01. The minimum absolute atomic E-state index is 0.00441. The molecule has 1 aliphatic rings. The Balaban J connectivity index is 2.35. The maximum atomic E-state index is 12.1. The van der Waals surface area contributed by atoms with E-state index < -0.39 is 17.7 Å². The molecule has 6 heteroatoms. The molecular formula is C15H29N3O3. The van der Waals surface area contributed by atoms with E-state index in [1.54, 1.807) is 4.90 Å². The number of nitrogens with zero attached hydrogens (tertiary/aromatic N) is 1. The Labute approximate surface area is 127 Å². The molecule has 0 aliphatic carbocycles. The summed E-state index contributed by atoms with van der Waals surface area (Å²) in [7, 11) is 0. The molecule has 0 aromatic carbocycles. The van der Waals surface area contributed by atoms with E-state index in [9.17, 15) is 9.59 Å². The van der Waals surface area contributed by atoms with Crippen molar-refractivity contribution in [3.63, 3.8) is 0 Å². The number of hydrogen-bond donors (Lipinski definition) is 2. The van der Waals surface area contributed by atoms with Crippen LogP contribution in [0.3, 0.4) is 0 Å². The van der Waals surface area contributed by atoms with Gasteiger partial charge in [-0.15, -0.1) is 0 Å². The molecule has 0 unspecified atom stereocenters. The third-order valence-electron chi connectivity index (χ3n) is 3.53. The van der Waals surface area contributed by atoms with Crippen LogP contribution >= 0.6 is 0 Å². The van der Waals surface area contributed by atoms with E-state index in [1.807, 2.05) is 34.6 Å². The lowest BCUT2D eigenvalue weighted by molar-refractivity contribution is -0.132. The summed E-state index contributed by atoms with van der Waals surface area (Å²) in [6, 6.07) is -0.442. The number of rotatable bonds is 4. The molecule has 2 amide bonds. The summed E-state index contributed by atoms with van der Waals surface area (Å²) in [5, 5.41) is 2.76. The van der Waals surface area contributed by atoms with Gasteiger partial charge < -0.3 is 20.7 Å². The highest BCUT2D eigenvalue weighted by molar-refractivity contribution is 5.82. The van der Waals surface area contributed by atoms with Crippen LogP contribution in [-0.4, -0.2) is 48.2 Å². The van der Waals surface area contributed by atoms with Crippen molar-refractivity contribution in [2.24, 2.45) is 17.6 Å². The summed E-state index contributed by atoms with van der Waals surface area (Å²) in [6.07, 6.45) is 0.470. The predicted octanol–water partition coefficient (Wildman–Crippen LogP) is 1.34. The number of ether oxygens (including phenoxy) is 1. The molecule has 0 bridgehead atoms. The molecule has 1 rings (SSSR count). The Morgan fingerprint density at radius 3 is 2.52 bits per heavy atom.